The zero-order chi connectivity index (χ0) is 35.7. The molecule has 14 heteroatoms. The van der Waals surface area contributed by atoms with Crippen LogP contribution in [-0.4, -0.2) is 50.8 Å². The lowest BCUT2D eigenvalue weighted by Gasteiger charge is -2.28. The van der Waals surface area contributed by atoms with Gasteiger partial charge in [0.15, 0.2) is 0 Å². The summed E-state index contributed by atoms with van der Waals surface area (Å²) in [4.78, 5) is 38.8. The molecule has 0 saturated heterocycles. The van der Waals surface area contributed by atoms with Crippen molar-refractivity contribution in [3.63, 3.8) is 0 Å². The molecular weight excluding hydrogens is 640 g/mol. The van der Waals surface area contributed by atoms with Crippen LogP contribution < -0.4 is 19.7 Å². The SMILES string of the molecule is COC(=O)CC(NS(=O)(=O)c1ccccc1)c1cccc(OCc2cccc(N(C(=N)NC(=O)OC(C)(C)C)C(=O)OC(C)(C)C)c2)c1. The maximum atomic E-state index is 13.2. The van der Waals surface area contributed by atoms with Gasteiger partial charge in [0.05, 0.1) is 30.2 Å². The summed E-state index contributed by atoms with van der Waals surface area (Å²) in [6.45, 7) is 10.0. The molecule has 0 aliphatic carbocycles. The second-order valence-corrected chi connectivity index (χ2v) is 14.3. The normalized spacial score (nSPS) is 12.3. The fraction of sp³-hybridized carbons (Fsp3) is 0.353. The average molecular weight is 683 g/mol. The number of rotatable bonds is 10. The molecule has 0 heterocycles. The summed E-state index contributed by atoms with van der Waals surface area (Å²) in [5.41, 5.74) is -0.458. The van der Waals surface area contributed by atoms with Gasteiger partial charge in [-0.25, -0.2) is 27.6 Å². The Bertz CT molecular complexity index is 1720. The van der Waals surface area contributed by atoms with Crippen LogP contribution in [0.25, 0.3) is 0 Å². The number of nitrogens with zero attached hydrogens (tertiary/aromatic N) is 1. The average Bonchev–Trinajstić information content (AvgIpc) is 2.98. The second-order valence-electron chi connectivity index (χ2n) is 12.6. The lowest BCUT2D eigenvalue weighted by atomic mass is 10.0. The number of hydrogen-bond donors (Lipinski definition) is 3. The third-order valence-corrected chi connectivity index (χ3v) is 7.69. The number of hydrogen-bond acceptors (Lipinski definition) is 10. The van der Waals surface area contributed by atoms with E-state index in [4.69, 9.17) is 24.4 Å². The van der Waals surface area contributed by atoms with Gasteiger partial charge in [-0.3, -0.25) is 15.5 Å². The van der Waals surface area contributed by atoms with Crippen molar-refractivity contribution in [1.29, 1.82) is 5.41 Å². The quantitative estimate of drug-likeness (QED) is 0.0996. The number of nitrogens with one attached hydrogen (secondary N) is 3. The molecule has 0 radical (unpaired) electrons. The van der Waals surface area contributed by atoms with Crippen molar-refractivity contribution < 1.29 is 41.7 Å². The first-order valence-electron chi connectivity index (χ1n) is 14.9. The van der Waals surface area contributed by atoms with Gasteiger partial charge in [-0.1, -0.05) is 42.5 Å². The van der Waals surface area contributed by atoms with Crippen molar-refractivity contribution in [3.05, 3.63) is 90.0 Å². The Hall–Kier alpha value is -4.95. The third-order valence-electron chi connectivity index (χ3n) is 6.20. The molecule has 48 heavy (non-hydrogen) atoms. The summed E-state index contributed by atoms with van der Waals surface area (Å²) in [5.74, 6) is -0.825. The number of amides is 2. The highest BCUT2D eigenvalue weighted by molar-refractivity contribution is 7.89. The molecule has 0 saturated carbocycles. The Morgan fingerprint density at radius 1 is 0.854 bits per heavy atom. The first kappa shape index (κ1) is 37.5. The molecule has 258 valence electrons. The van der Waals surface area contributed by atoms with Crippen LogP contribution in [0.15, 0.2) is 83.8 Å². The lowest BCUT2D eigenvalue weighted by Crippen LogP contribution is -2.49. The van der Waals surface area contributed by atoms with E-state index >= 15 is 0 Å². The topological polar surface area (TPSA) is 173 Å². The summed E-state index contributed by atoms with van der Waals surface area (Å²) in [5, 5.41) is 10.8. The van der Waals surface area contributed by atoms with Gasteiger partial charge >= 0.3 is 18.2 Å². The molecule has 0 aliphatic heterocycles. The summed E-state index contributed by atoms with van der Waals surface area (Å²) < 4.78 is 50.3. The first-order chi connectivity index (χ1) is 22.4. The van der Waals surface area contributed by atoms with Crippen molar-refractivity contribution in [2.45, 2.75) is 76.7 Å². The number of methoxy groups -OCH3 is 1. The van der Waals surface area contributed by atoms with Gasteiger partial charge in [0, 0.05) is 0 Å². The predicted molar refractivity (Wildman–Crippen MR) is 179 cm³/mol. The smallest absolute Gasteiger partial charge is 0.421 e. The van der Waals surface area contributed by atoms with Crippen LogP contribution in [-0.2, 0) is 35.6 Å². The molecule has 3 aromatic carbocycles. The zero-order valence-electron chi connectivity index (χ0n) is 28.0. The molecule has 13 nitrogen and oxygen atoms in total. The molecule has 1 unspecified atom stereocenters. The molecular formula is C34H42N4O9S. The Morgan fingerprint density at radius 3 is 2.12 bits per heavy atom. The van der Waals surface area contributed by atoms with Gasteiger partial charge in [0.1, 0.15) is 23.6 Å². The van der Waals surface area contributed by atoms with E-state index in [1.165, 1.54) is 19.2 Å². The molecule has 1 atom stereocenters. The minimum absolute atomic E-state index is 0.00366. The minimum atomic E-state index is -3.98. The van der Waals surface area contributed by atoms with Gasteiger partial charge in [-0.05, 0) is 89.1 Å². The van der Waals surface area contributed by atoms with Crippen LogP contribution >= 0.6 is 0 Å². The molecule has 2 amide bonds. The van der Waals surface area contributed by atoms with Crippen molar-refractivity contribution in [3.8, 4) is 5.75 Å². The minimum Gasteiger partial charge on any atom is -0.489 e. The van der Waals surface area contributed by atoms with Crippen LogP contribution in [0.4, 0.5) is 15.3 Å². The molecule has 0 bridgehead atoms. The Labute approximate surface area is 281 Å². The number of alkyl carbamates (subject to hydrolysis) is 1. The van der Waals surface area contributed by atoms with Crippen molar-refractivity contribution in [2.75, 3.05) is 12.0 Å². The van der Waals surface area contributed by atoms with E-state index in [1.54, 1.807) is 108 Å². The number of guanidine groups is 1. The number of sulfonamides is 1. The maximum Gasteiger partial charge on any atom is 0.421 e. The van der Waals surface area contributed by atoms with Crippen LogP contribution in [0.3, 0.4) is 0 Å². The second kappa shape index (κ2) is 15.8. The van der Waals surface area contributed by atoms with E-state index in [9.17, 15) is 22.8 Å². The number of benzene rings is 3. The molecule has 3 aromatic rings. The zero-order valence-corrected chi connectivity index (χ0v) is 28.8. The van der Waals surface area contributed by atoms with Gasteiger partial charge in [0.25, 0.3) is 0 Å². The van der Waals surface area contributed by atoms with E-state index in [2.05, 4.69) is 10.0 Å². The standard InChI is InChI=1S/C34H42N4O9S/c1-33(2,3)46-31(40)36-30(35)38(32(41)47-34(4,5)6)25-15-11-13-23(19-25)22-45-26-16-12-14-24(20-26)28(21-29(39)44-7)37-48(42,43)27-17-9-8-10-18-27/h8-20,28,37H,21-22H2,1-7H3,(H2,35,36,40). The summed E-state index contributed by atoms with van der Waals surface area (Å²) in [6, 6.07) is 20.0. The maximum absolute atomic E-state index is 13.2. The number of carbonyl (C=O) groups is 3. The number of ether oxygens (including phenoxy) is 4. The highest BCUT2D eigenvalue weighted by Crippen LogP contribution is 2.26. The van der Waals surface area contributed by atoms with Crippen molar-refractivity contribution in [2.24, 2.45) is 0 Å². The van der Waals surface area contributed by atoms with E-state index in [0.717, 1.165) is 4.90 Å². The monoisotopic (exact) mass is 682 g/mol. The van der Waals surface area contributed by atoms with Gasteiger partial charge in [-0.2, -0.15) is 0 Å². The van der Waals surface area contributed by atoms with Crippen LogP contribution in [0.5, 0.6) is 5.75 Å². The largest absolute Gasteiger partial charge is 0.489 e. The molecule has 3 rings (SSSR count). The number of anilines is 1. The van der Waals surface area contributed by atoms with Crippen molar-refractivity contribution in [1.82, 2.24) is 10.0 Å². The third kappa shape index (κ3) is 11.7. The van der Waals surface area contributed by atoms with E-state index in [-0.39, 0.29) is 23.6 Å². The summed E-state index contributed by atoms with van der Waals surface area (Å²) in [6.07, 6.45) is -2.08. The Morgan fingerprint density at radius 2 is 1.50 bits per heavy atom. The van der Waals surface area contributed by atoms with Gasteiger partial charge in [0.2, 0.25) is 16.0 Å². The van der Waals surface area contributed by atoms with Crippen LogP contribution in [0.1, 0.15) is 65.1 Å². The van der Waals surface area contributed by atoms with E-state index in [0.29, 0.717) is 16.9 Å². The Kier molecular flexibility index (Phi) is 12.3. The van der Waals surface area contributed by atoms with E-state index < -0.39 is 51.4 Å². The highest BCUT2D eigenvalue weighted by atomic mass is 32.2. The predicted octanol–water partition coefficient (Wildman–Crippen LogP) is 6.05. The molecule has 3 N–H and O–H groups in total. The number of esters is 1. The summed E-state index contributed by atoms with van der Waals surface area (Å²) in [7, 11) is -2.76. The lowest BCUT2D eigenvalue weighted by molar-refractivity contribution is -0.141. The van der Waals surface area contributed by atoms with Gasteiger partial charge in [-0.15, -0.1) is 0 Å². The highest BCUT2D eigenvalue weighted by Gasteiger charge is 2.29. The van der Waals surface area contributed by atoms with Crippen LogP contribution in [0.2, 0.25) is 0 Å². The number of carbonyl (C=O) groups excluding carboxylic acids is 3. The molecule has 0 fully saturated rings. The Balaban J connectivity index is 1.84. The molecule has 0 aromatic heterocycles. The molecule has 0 aliphatic rings. The first-order valence-corrected chi connectivity index (χ1v) is 16.4. The van der Waals surface area contributed by atoms with Crippen molar-refractivity contribution >= 4 is 39.8 Å². The summed E-state index contributed by atoms with van der Waals surface area (Å²) >= 11 is 0. The van der Waals surface area contributed by atoms with Gasteiger partial charge < -0.3 is 18.9 Å². The molecule has 0 spiro atoms. The van der Waals surface area contributed by atoms with E-state index in [1.807, 2.05) is 0 Å². The van der Waals surface area contributed by atoms with Crippen LogP contribution in [0, 0.1) is 5.41 Å². The fourth-order valence-electron chi connectivity index (χ4n) is 4.20. The fourth-order valence-corrected chi connectivity index (χ4v) is 5.44.